The summed E-state index contributed by atoms with van der Waals surface area (Å²) in [6.07, 6.45) is 7.29. The summed E-state index contributed by atoms with van der Waals surface area (Å²) in [6.45, 7) is 0. The molecular formula is C28H24N4. The van der Waals surface area contributed by atoms with Crippen LogP contribution in [0.3, 0.4) is 0 Å². The molecule has 3 heterocycles. The highest BCUT2D eigenvalue weighted by Crippen LogP contribution is 2.40. The maximum Gasteiger partial charge on any atom is 0.137 e. The lowest BCUT2D eigenvalue weighted by Crippen LogP contribution is -2.43. The molecule has 32 heavy (non-hydrogen) atoms. The van der Waals surface area contributed by atoms with Gasteiger partial charge < -0.3 is 5.73 Å². The third-order valence-corrected chi connectivity index (χ3v) is 6.61. The van der Waals surface area contributed by atoms with E-state index in [1.807, 2.05) is 30.5 Å². The number of imidazole rings is 1. The van der Waals surface area contributed by atoms with Gasteiger partial charge in [-0.25, -0.2) is 4.98 Å². The molecule has 0 aliphatic heterocycles. The molecule has 1 aliphatic carbocycles. The number of nitrogens with zero attached hydrogens (tertiary/aromatic N) is 3. The van der Waals surface area contributed by atoms with E-state index >= 15 is 0 Å². The van der Waals surface area contributed by atoms with Crippen molar-refractivity contribution in [2.75, 3.05) is 0 Å². The highest BCUT2D eigenvalue weighted by atomic mass is 15.0. The Morgan fingerprint density at radius 2 is 1.50 bits per heavy atom. The summed E-state index contributed by atoms with van der Waals surface area (Å²) in [5.74, 6) is 0. The number of benzene rings is 2. The van der Waals surface area contributed by atoms with Crippen molar-refractivity contribution < 1.29 is 0 Å². The Kier molecular flexibility index (Phi) is 4.40. The molecule has 0 unspecified atom stereocenters. The van der Waals surface area contributed by atoms with E-state index in [0.717, 1.165) is 52.3 Å². The van der Waals surface area contributed by atoms with Gasteiger partial charge in [0.15, 0.2) is 0 Å². The van der Waals surface area contributed by atoms with Gasteiger partial charge in [-0.2, -0.15) is 0 Å². The maximum atomic E-state index is 6.54. The van der Waals surface area contributed by atoms with Crippen LogP contribution in [0.1, 0.15) is 24.8 Å². The molecule has 2 N–H and O–H groups in total. The summed E-state index contributed by atoms with van der Waals surface area (Å²) in [4.78, 5) is 9.56. The maximum absolute atomic E-state index is 6.54. The van der Waals surface area contributed by atoms with Crippen molar-refractivity contribution in [3.63, 3.8) is 0 Å². The zero-order valence-corrected chi connectivity index (χ0v) is 17.8. The number of hydrogen-bond donors (Lipinski definition) is 1. The average Bonchev–Trinajstić information content (AvgIpc) is 3.22. The minimum Gasteiger partial charge on any atom is -0.321 e. The predicted octanol–water partition coefficient (Wildman–Crippen LogP) is 6.07. The Balaban J connectivity index is 1.53. The quantitative estimate of drug-likeness (QED) is 0.387. The number of aromatic nitrogens is 3. The molecule has 156 valence electrons. The molecule has 1 aliphatic rings. The Hall–Kier alpha value is -3.76. The SMILES string of the molecule is NC1(c2ccc(-c3nc4ccc(-c5ccccn5)cn4c3-c3ccccc3)cc2)CCC1. The molecule has 1 saturated carbocycles. The number of rotatable bonds is 4. The number of hydrogen-bond acceptors (Lipinski definition) is 3. The molecule has 6 rings (SSSR count). The Morgan fingerprint density at radius 3 is 2.19 bits per heavy atom. The monoisotopic (exact) mass is 416 g/mol. The van der Waals surface area contributed by atoms with Crippen LogP contribution in [-0.4, -0.2) is 14.4 Å². The van der Waals surface area contributed by atoms with Gasteiger partial charge in [0.05, 0.1) is 17.1 Å². The zero-order chi connectivity index (χ0) is 21.5. The van der Waals surface area contributed by atoms with Crippen LogP contribution < -0.4 is 5.73 Å². The van der Waals surface area contributed by atoms with Gasteiger partial charge in [-0.15, -0.1) is 0 Å². The fourth-order valence-corrected chi connectivity index (χ4v) is 4.61. The van der Waals surface area contributed by atoms with Gasteiger partial charge in [0, 0.05) is 34.6 Å². The topological polar surface area (TPSA) is 56.2 Å². The van der Waals surface area contributed by atoms with E-state index in [1.54, 1.807) is 0 Å². The second kappa shape index (κ2) is 7.43. The summed E-state index contributed by atoms with van der Waals surface area (Å²) in [5, 5.41) is 0. The number of pyridine rings is 2. The molecule has 1 fully saturated rings. The van der Waals surface area contributed by atoms with Crippen molar-refractivity contribution in [1.82, 2.24) is 14.4 Å². The second-order valence-electron chi connectivity index (χ2n) is 8.62. The van der Waals surface area contributed by atoms with Crippen LogP contribution in [0.4, 0.5) is 0 Å². The molecule has 0 atom stereocenters. The summed E-state index contributed by atoms with van der Waals surface area (Å²) in [7, 11) is 0. The normalized spacial score (nSPS) is 14.9. The average molecular weight is 417 g/mol. The minimum absolute atomic E-state index is 0.155. The molecule has 0 radical (unpaired) electrons. The van der Waals surface area contributed by atoms with Crippen LogP contribution in [0.2, 0.25) is 0 Å². The second-order valence-corrected chi connectivity index (χ2v) is 8.62. The molecule has 0 spiro atoms. The summed E-state index contributed by atoms with van der Waals surface area (Å²) in [6, 6.07) is 29.3. The first-order chi connectivity index (χ1) is 15.7. The van der Waals surface area contributed by atoms with Crippen molar-refractivity contribution in [1.29, 1.82) is 0 Å². The van der Waals surface area contributed by atoms with Gasteiger partial charge in [-0.3, -0.25) is 9.38 Å². The third-order valence-electron chi connectivity index (χ3n) is 6.61. The molecule has 0 amide bonds. The van der Waals surface area contributed by atoms with Gasteiger partial charge in [0.25, 0.3) is 0 Å². The van der Waals surface area contributed by atoms with Crippen molar-refractivity contribution in [3.05, 3.63) is 103 Å². The molecule has 3 aromatic heterocycles. The number of fused-ring (bicyclic) bond motifs is 1. The van der Waals surface area contributed by atoms with Gasteiger partial charge in [-0.05, 0) is 49.1 Å². The first-order valence-corrected chi connectivity index (χ1v) is 11.1. The minimum atomic E-state index is -0.155. The predicted molar refractivity (Wildman–Crippen MR) is 129 cm³/mol. The number of nitrogens with two attached hydrogens (primary N) is 1. The van der Waals surface area contributed by atoms with Gasteiger partial charge in [0.1, 0.15) is 5.65 Å². The van der Waals surface area contributed by atoms with Crippen LogP contribution >= 0.6 is 0 Å². The first-order valence-electron chi connectivity index (χ1n) is 11.1. The Morgan fingerprint density at radius 1 is 0.750 bits per heavy atom. The molecule has 0 saturated heterocycles. The molecule has 2 aromatic carbocycles. The largest absolute Gasteiger partial charge is 0.321 e. The fraction of sp³-hybridized carbons (Fsp3) is 0.143. The smallest absolute Gasteiger partial charge is 0.137 e. The van der Waals surface area contributed by atoms with Crippen LogP contribution in [0.5, 0.6) is 0 Å². The summed E-state index contributed by atoms with van der Waals surface area (Å²) in [5.41, 5.74) is 14.8. The molecule has 4 heteroatoms. The van der Waals surface area contributed by atoms with Crippen molar-refractivity contribution in [2.24, 2.45) is 5.73 Å². The highest BCUT2D eigenvalue weighted by molar-refractivity contribution is 5.82. The van der Waals surface area contributed by atoms with Gasteiger partial charge >= 0.3 is 0 Å². The van der Waals surface area contributed by atoms with Crippen molar-refractivity contribution in [3.8, 4) is 33.8 Å². The van der Waals surface area contributed by atoms with Crippen LogP contribution in [-0.2, 0) is 5.54 Å². The van der Waals surface area contributed by atoms with E-state index in [1.165, 1.54) is 12.0 Å². The Bertz CT molecular complexity index is 1380. The highest BCUT2D eigenvalue weighted by Gasteiger charge is 2.34. The molecule has 4 nitrogen and oxygen atoms in total. The van der Waals surface area contributed by atoms with Crippen molar-refractivity contribution in [2.45, 2.75) is 24.8 Å². The van der Waals surface area contributed by atoms with Crippen LogP contribution in [0, 0.1) is 0 Å². The standard InChI is InChI=1S/C28H24N4/c29-28(16-6-17-28)23-13-10-20(11-14-23)26-27(21-7-2-1-3-8-21)32-19-22(12-15-25(32)31-26)24-9-4-5-18-30-24/h1-5,7-15,18-19H,6,16-17,29H2. The lowest BCUT2D eigenvalue weighted by Gasteiger charge is -2.38. The van der Waals surface area contributed by atoms with Gasteiger partial charge in [-0.1, -0.05) is 60.7 Å². The molecular weight excluding hydrogens is 392 g/mol. The van der Waals surface area contributed by atoms with E-state index in [4.69, 9.17) is 10.7 Å². The van der Waals surface area contributed by atoms with Crippen LogP contribution in [0.25, 0.3) is 39.4 Å². The molecule has 0 bridgehead atoms. The van der Waals surface area contributed by atoms with E-state index in [9.17, 15) is 0 Å². The fourth-order valence-electron chi connectivity index (χ4n) is 4.61. The first kappa shape index (κ1) is 19.0. The summed E-state index contributed by atoms with van der Waals surface area (Å²) < 4.78 is 2.18. The molecule has 5 aromatic rings. The van der Waals surface area contributed by atoms with E-state index in [-0.39, 0.29) is 5.54 Å². The summed E-state index contributed by atoms with van der Waals surface area (Å²) >= 11 is 0. The van der Waals surface area contributed by atoms with Crippen LogP contribution in [0.15, 0.2) is 97.3 Å². The van der Waals surface area contributed by atoms with E-state index < -0.39 is 0 Å². The van der Waals surface area contributed by atoms with Gasteiger partial charge in [0.2, 0.25) is 0 Å². The Labute approximate surface area is 187 Å². The zero-order valence-electron chi connectivity index (χ0n) is 17.8. The lowest BCUT2D eigenvalue weighted by atomic mass is 9.72. The van der Waals surface area contributed by atoms with Crippen molar-refractivity contribution >= 4 is 5.65 Å². The van der Waals surface area contributed by atoms with E-state index in [2.05, 4.69) is 76.2 Å². The lowest BCUT2D eigenvalue weighted by molar-refractivity contribution is 0.253. The van der Waals surface area contributed by atoms with E-state index in [0.29, 0.717) is 0 Å². The third kappa shape index (κ3) is 3.12.